The minimum absolute atomic E-state index is 0.0399. The van der Waals surface area contributed by atoms with Crippen molar-refractivity contribution in [2.75, 3.05) is 6.61 Å². The molecule has 0 radical (unpaired) electrons. The van der Waals surface area contributed by atoms with Crippen LogP contribution in [0.15, 0.2) is 24.0 Å². The van der Waals surface area contributed by atoms with E-state index in [1.165, 1.54) is 13.1 Å². The number of nitrogens with two attached hydrogens (primary N) is 1. The van der Waals surface area contributed by atoms with Crippen LogP contribution in [0.3, 0.4) is 0 Å². The third-order valence-electron chi connectivity index (χ3n) is 4.87. The second-order valence-corrected chi connectivity index (χ2v) is 7.39. The third kappa shape index (κ3) is 5.11. The minimum Gasteiger partial charge on any atom is -0.478 e. The highest BCUT2D eigenvalue weighted by atomic mass is 16.6. The van der Waals surface area contributed by atoms with Gasteiger partial charge in [0.25, 0.3) is 0 Å². The molecule has 9 heteroatoms. The number of ether oxygens (including phenoxy) is 3. The number of nitrogens with zero attached hydrogens (tertiary/aromatic N) is 1. The van der Waals surface area contributed by atoms with E-state index < -0.39 is 42.4 Å². The van der Waals surface area contributed by atoms with Crippen LogP contribution in [0.1, 0.15) is 34.1 Å². The van der Waals surface area contributed by atoms with E-state index >= 15 is 0 Å². The van der Waals surface area contributed by atoms with Gasteiger partial charge in [0.1, 0.15) is 18.8 Å². The highest BCUT2D eigenvalue weighted by molar-refractivity contribution is 5.87. The van der Waals surface area contributed by atoms with Crippen molar-refractivity contribution >= 4 is 17.9 Å². The number of allylic oxidation sites excluding steroid dienone is 1. The Morgan fingerprint density at radius 1 is 1.39 bits per heavy atom. The number of hydrogen-bond acceptors (Lipinski definition) is 8. The van der Waals surface area contributed by atoms with Crippen LogP contribution in [0.25, 0.3) is 0 Å². The first-order chi connectivity index (χ1) is 13.1. The lowest BCUT2D eigenvalue weighted by atomic mass is 10.00. The van der Waals surface area contributed by atoms with Crippen molar-refractivity contribution in [2.24, 2.45) is 17.6 Å². The van der Waals surface area contributed by atoms with Crippen LogP contribution in [0.2, 0.25) is 0 Å². The van der Waals surface area contributed by atoms with Crippen LogP contribution >= 0.6 is 0 Å². The SMILES string of the molecule is CC(=O)OC1[C@H](N2C=CCC(C(=O)O)=C2)O[C@H](COC(=O)[C@@H](N)C(C)C)[C@H]1C. The molecule has 2 aliphatic rings. The molecule has 156 valence electrons. The molecule has 0 aromatic heterocycles. The monoisotopic (exact) mass is 396 g/mol. The Bertz CT molecular complexity index is 673. The maximum absolute atomic E-state index is 12.0. The van der Waals surface area contributed by atoms with E-state index in [1.54, 1.807) is 17.2 Å². The summed E-state index contributed by atoms with van der Waals surface area (Å²) < 4.78 is 16.7. The van der Waals surface area contributed by atoms with E-state index in [4.69, 9.17) is 19.9 Å². The fourth-order valence-electron chi connectivity index (χ4n) is 3.05. The topological polar surface area (TPSA) is 128 Å². The summed E-state index contributed by atoms with van der Waals surface area (Å²) in [6, 6.07) is -0.733. The molecule has 9 nitrogen and oxygen atoms in total. The van der Waals surface area contributed by atoms with Gasteiger partial charge in [-0.15, -0.1) is 0 Å². The molecule has 0 amide bonds. The van der Waals surface area contributed by atoms with E-state index in [2.05, 4.69) is 0 Å². The molecular weight excluding hydrogens is 368 g/mol. The number of carboxylic acids is 1. The van der Waals surface area contributed by atoms with Gasteiger partial charge in [0, 0.05) is 31.7 Å². The molecule has 28 heavy (non-hydrogen) atoms. The molecule has 0 spiro atoms. The minimum atomic E-state index is -1.03. The molecular formula is C19H28N2O7. The number of carbonyl (C=O) groups excluding carboxylic acids is 2. The fraction of sp³-hybridized carbons (Fsp3) is 0.632. The fourth-order valence-corrected chi connectivity index (χ4v) is 3.05. The predicted octanol–water partition coefficient (Wildman–Crippen LogP) is 0.994. The summed E-state index contributed by atoms with van der Waals surface area (Å²) in [6.45, 7) is 6.72. The lowest BCUT2D eigenvalue weighted by molar-refractivity contribution is -0.155. The van der Waals surface area contributed by atoms with Crippen LogP contribution in [0, 0.1) is 11.8 Å². The van der Waals surface area contributed by atoms with E-state index in [9.17, 15) is 19.5 Å². The van der Waals surface area contributed by atoms with Crippen molar-refractivity contribution in [2.45, 2.75) is 58.6 Å². The van der Waals surface area contributed by atoms with Crippen molar-refractivity contribution in [3.05, 3.63) is 24.0 Å². The van der Waals surface area contributed by atoms with E-state index in [0.29, 0.717) is 6.42 Å². The quantitative estimate of drug-likeness (QED) is 0.605. The van der Waals surface area contributed by atoms with Gasteiger partial charge < -0.3 is 30.0 Å². The van der Waals surface area contributed by atoms with Crippen LogP contribution in [0.5, 0.6) is 0 Å². The summed E-state index contributed by atoms with van der Waals surface area (Å²) in [5.74, 6) is -2.38. The van der Waals surface area contributed by atoms with Crippen LogP contribution < -0.4 is 5.73 Å². The second kappa shape index (κ2) is 9.20. The Morgan fingerprint density at radius 2 is 2.07 bits per heavy atom. The number of rotatable bonds is 7. The van der Waals surface area contributed by atoms with Gasteiger partial charge in [0.05, 0.1) is 5.57 Å². The summed E-state index contributed by atoms with van der Waals surface area (Å²) in [5.41, 5.74) is 5.99. The third-order valence-corrected chi connectivity index (χ3v) is 4.87. The molecule has 0 aliphatic carbocycles. The lowest BCUT2D eigenvalue weighted by Gasteiger charge is -2.30. The summed E-state index contributed by atoms with van der Waals surface area (Å²) >= 11 is 0. The summed E-state index contributed by atoms with van der Waals surface area (Å²) in [6.07, 6.45) is 3.21. The molecule has 2 aliphatic heterocycles. The van der Waals surface area contributed by atoms with Crippen molar-refractivity contribution in [1.82, 2.24) is 4.90 Å². The molecule has 0 saturated carbocycles. The van der Waals surface area contributed by atoms with Gasteiger partial charge in [-0.2, -0.15) is 0 Å². The van der Waals surface area contributed by atoms with Gasteiger partial charge in [-0.1, -0.05) is 26.8 Å². The highest BCUT2D eigenvalue weighted by Gasteiger charge is 2.47. The zero-order chi connectivity index (χ0) is 21.0. The van der Waals surface area contributed by atoms with Crippen molar-refractivity contribution in [1.29, 1.82) is 0 Å². The van der Waals surface area contributed by atoms with Gasteiger partial charge in [-0.25, -0.2) is 4.79 Å². The first kappa shape index (κ1) is 21.9. The van der Waals surface area contributed by atoms with E-state index in [1.807, 2.05) is 20.8 Å². The zero-order valence-corrected chi connectivity index (χ0v) is 16.5. The number of esters is 2. The van der Waals surface area contributed by atoms with Gasteiger partial charge in [0.15, 0.2) is 12.3 Å². The Balaban J connectivity index is 2.13. The Morgan fingerprint density at radius 3 is 2.64 bits per heavy atom. The molecule has 1 saturated heterocycles. The second-order valence-electron chi connectivity index (χ2n) is 7.39. The smallest absolute Gasteiger partial charge is 0.333 e. The predicted molar refractivity (Wildman–Crippen MR) is 98.5 cm³/mol. The highest BCUT2D eigenvalue weighted by Crippen LogP contribution is 2.33. The molecule has 2 rings (SSSR count). The molecule has 2 heterocycles. The molecule has 0 aromatic rings. The zero-order valence-electron chi connectivity index (χ0n) is 16.5. The van der Waals surface area contributed by atoms with Crippen LogP contribution in [0.4, 0.5) is 0 Å². The van der Waals surface area contributed by atoms with Gasteiger partial charge in [-0.3, -0.25) is 9.59 Å². The molecule has 0 aromatic carbocycles. The maximum atomic E-state index is 12.0. The first-order valence-electron chi connectivity index (χ1n) is 9.24. The Kier molecular flexibility index (Phi) is 7.20. The average Bonchev–Trinajstić information content (AvgIpc) is 2.94. The summed E-state index contributed by atoms with van der Waals surface area (Å²) in [4.78, 5) is 36.4. The molecule has 5 atom stereocenters. The van der Waals surface area contributed by atoms with Crippen molar-refractivity contribution in [3.8, 4) is 0 Å². The van der Waals surface area contributed by atoms with E-state index in [-0.39, 0.29) is 24.0 Å². The molecule has 3 N–H and O–H groups in total. The molecule has 1 fully saturated rings. The Hall–Kier alpha value is -2.39. The lowest BCUT2D eigenvalue weighted by Crippen LogP contribution is -2.40. The summed E-state index contributed by atoms with van der Waals surface area (Å²) in [7, 11) is 0. The van der Waals surface area contributed by atoms with Gasteiger partial charge >= 0.3 is 17.9 Å². The normalized spacial score (nSPS) is 28.1. The van der Waals surface area contributed by atoms with Crippen molar-refractivity contribution < 1.29 is 33.7 Å². The Labute approximate surface area is 164 Å². The average molecular weight is 396 g/mol. The standard InChI is InChI=1S/C19H28N2O7/c1-10(2)15(20)19(25)26-9-14-11(3)16(27-12(4)22)17(28-14)21-7-5-6-13(8-21)18(23)24/h5,7-8,10-11,14-17H,6,9,20H2,1-4H3,(H,23,24)/t11-,14-,15+,16?,17-/m1/s1. The van der Waals surface area contributed by atoms with Gasteiger partial charge in [-0.05, 0) is 5.92 Å². The number of aliphatic carboxylic acids is 1. The number of hydrogen-bond donors (Lipinski definition) is 2. The summed E-state index contributed by atoms with van der Waals surface area (Å²) in [5, 5.41) is 9.23. The van der Waals surface area contributed by atoms with Crippen LogP contribution in [-0.2, 0) is 28.6 Å². The van der Waals surface area contributed by atoms with Crippen molar-refractivity contribution in [3.63, 3.8) is 0 Å². The number of carboxylic acid groups (broad SMARTS) is 1. The van der Waals surface area contributed by atoms with Gasteiger partial charge in [0.2, 0.25) is 0 Å². The largest absolute Gasteiger partial charge is 0.478 e. The van der Waals surface area contributed by atoms with Crippen LogP contribution in [-0.4, -0.2) is 59.0 Å². The maximum Gasteiger partial charge on any atom is 0.333 e. The molecule has 0 bridgehead atoms. The number of carbonyl (C=O) groups is 3. The first-order valence-corrected chi connectivity index (χ1v) is 9.24. The molecule has 1 unspecified atom stereocenters. The van der Waals surface area contributed by atoms with E-state index in [0.717, 1.165) is 0 Å².